The quantitative estimate of drug-likeness (QED) is 0.778. The molecule has 0 unspecified atom stereocenters. The van der Waals surface area contributed by atoms with E-state index in [1.54, 1.807) is 30.3 Å². The van der Waals surface area contributed by atoms with E-state index in [1.807, 2.05) is 7.05 Å². The molecule has 1 aliphatic rings. The van der Waals surface area contributed by atoms with Gasteiger partial charge >= 0.3 is 0 Å². The van der Waals surface area contributed by atoms with Gasteiger partial charge < -0.3 is 15.4 Å². The van der Waals surface area contributed by atoms with Gasteiger partial charge in [0.1, 0.15) is 11.9 Å². The van der Waals surface area contributed by atoms with Gasteiger partial charge in [0, 0.05) is 24.8 Å². The number of nitrogens with two attached hydrogens (primary N) is 1. The number of nitrogen functional groups attached to an aromatic ring is 1. The molecule has 1 fully saturated rings. The number of ether oxygens (including phenoxy) is 1. The molecular formula is C17H20ClN3O3S. The molecule has 6 nitrogen and oxygen atoms in total. The van der Waals surface area contributed by atoms with Gasteiger partial charge in [-0.2, -0.15) is 0 Å². The van der Waals surface area contributed by atoms with E-state index in [2.05, 4.69) is 9.62 Å². The second-order valence-corrected chi connectivity index (χ2v) is 8.20. The highest BCUT2D eigenvalue weighted by Gasteiger charge is 2.22. The number of hydrogen-bond acceptors (Lipinski definition) is 5. The highest BCUT2D eigenvalue weighted by molar-refractivity contribution is 7.92. The van der Waals surface area contributed by atoms with Crippen LogP contribution in [0.3, 0.4) is 0 Å². The van der Waals surface area contributed by atoms with Crippen molar-refractivity contribution in [3.05, 3.63) is 47.5 Å². The first-order valence-electron chi connectivity index (χ1n) is 7.86. The van der Waals surface area contributed by atoms with Crippen molar-refractivity contribution >= 4 is 33.0 Å². The minimum Gasteiger partial charge on any atom is -0.487 e. The largest absolute Gasteiger partial charge is 0.487 e. The number of anilines is 2. The molecule has 1 aliphatic heterocycles. The summed E-state index contributed by atoms with van der Waals surface area (Å²) in [6.07, 6.45) is 0.959. The number of nitrogens with zero attached hydrogens (tertiary/aromatic N) is 1. The number of rotatable bonds is 5. The molecule has 1 atom stereocenters. The average molecular weight is 382 g/mol. The Morgan fingerprint density at radius 3 is 2.60 bits per heavy atom. The van der Waals surface area contributed by atoms with Crippen LogP contribution in [0.2, 0.25) is 5.02 Å². The molecule has 2 aromatic carbocycles. The molecule has 0 bridgehead atoms. The summed E-state index contributed by atoms with van der Waals surface area (Å²) in [5.41, 5.74) is 6.49. The Hall–Kier alpha value is -1.96. The molecule has 25 heavy (non-hydrogen) atoms. The molecular weight excluding hydrogens is 362 g/mol. The lowest BCUT2D eigenvalue weighted by molar-refractivity contribution is 0.208. The second-order valence-electron chi connectivity index (χ2n) is 6.11. The Morgan fingerprint density at radius 2 is 1.96 bits per heavy atom. The number of benzene rings is 2. The Balaban J connectivity index is 1.78. The summed E-state index contributed by atoms with van der Waals surface area (Å²) in [6.45, 7) is 1.78. The van der Waals surface area contributed by atoms with Crippen molar-refractivity contribution in [3.63, 3.8) is 0 Å². The number of sulfonamides is 1. The summed E-state index contributed by atoms with van der Waals surface area (Å²) < 4.78 is 33.4. The molecule has 3 rings (SSSR count). The fraction of sp³-hybridized carbons (Fsp3) is 0.294. The molecule has 0 radical (unpaired) electrons. The molecule has 0 aromatic heterocycles. The lowest BCUT2D eigenvalue weighted by Crippen LogP contribution is -2.21. The molecule has 0 saturated carbocycles. The standard InChI is InChI=1S/C17H20ClN3O3S/c1-21-9-8-14(11-21)24-17-10-13(4-7-16(17)18)20-25(22,23)15-5-2-12(19)3-6-15/h2-7,10,14,20H,8-9,11,19H2,1H3/t14-/m1/s1. The van der Waals surface area contributed by atoms with Crippen LogP contribution in [0.4, 0.5) is 11.4 Å². The number of likely N-dealkylation sites (N-methyl/N-ethyl adjacent to an activating group) is 1. The normalized spacial score (nSPS) is 18.2. The van der Waals surface area contributed by atoms with E-state index in [4.69, 9.17) is 22.1 Å². The topological polar surface area (TPSA) is 84.7 Å². The van der Waals surface area contributed by atoms with Crippen molar-refractivity contribution in [3.8, 4) is 5.75 Å². The van der Waals surface area contributed by atoms with Gasteiger partial charge in [-0.05, 0) is 49.9 Å². The predicted molar refractivity (Wildman–Crippen MR) is 99.6 cm³/mol. The molecule has 134 valence electrons. The Kier molecular flexibility index (Phi) is 5.08. The summed E-state index contributed by atoms with van der Waals surface area (Å²) >= 11 is 6.19. The van der Waals surface area contributed by atoms with Gasteiger partial charge in [-0.3, -0.25) is 4.72 Å². The Labute approximate surface area is 152 Å². The molecule has 8 heteroatoms. The number of halogens is 1. The zero-order valence-corrected chi connectivity index (χ0v) is 15.3. The van der Waals surface area contributed by atoms with E-state index >= 15 is 0 Å². The summed E-state index contributed by atoms with van der Waals surface area (Å²) in [7, 11) is -1.68. The van der Waals surface area contributed by atoms with Gasteiger partial charge in [-0.1, -0.05) is 11.6 Å². The van der Waals surface area contributed by atoms with Crippen molar-refractivity contribution < 1.29 is 13.2 Å². The Morgan fingerprint density at radius 1 is 1.24 bits per heavy atom. The highest BCUT2D eigenvalue weighted by Crippen LogP contribution is 2.31. The van der Waals surface area contributed by atoms with E-state index in [1.165, 1.54) is 12.1 Å². The predicted octanol–water partition coefficient (Wildman–Crippen LogP) is 2.81. The van der Waals surface area contributed by atoms with Crippen LogP contribution in [0.15, 0.2) is 47.4 Å². The highest BCUT2D eigenvalue weighted by atomic mass is 35.5. The molecule has 0 aliphatic carbocycles. The number of likely N-dealkylation sites (tertiary alicyclic amines) is 1. The molecule has 1 saturated heterocycles. The van der Waals surface area contributed by atoms with Gasteiger partial charge in [-0.15, -0.1) is 0 Å². The van der Waals surface area contributed by atoms with Crippen LogP contribution in [0, 0.1) is 0 Å². The van der Waals surface area contributed by atoms with Gasteiger partial charge in [0.15, 0.2) is 0 Å². The third-order valence-electron chi connectivity index (χ3n) is 4.02. The maximum atomic E-state index is 12.5. The zero-order valence-electron chi connectivity index (χ0n) is 13.8. The summed E-state index contributed by atoms with van der Waals surface area (Å²) in [5.74, 6) is 0.472. The summed E-state index contributed by atoms with van der Waals surface area (Å²) in [6, 6.07) is 10.8. The first-order chi connectivity index (χ1) is 11.8. The fourth-order valence-corrected chi connectivity index (χ4v) is 3.90. The molecule has 0 amide bonds. The van der Waals surface area contributed by atoms with Crippen LogP contribution >= 0.6 is 11.6 Å². The van der Waals surface area contributed by atoms with Crippen molar-refractivity contribution in [1.82, 2.24) is 4.90 Å². The van der Waals surface area contributed by atoms with Crippen molar-refractivity contribution in [1.29, 1.82) is 0 Å². The maximum Gasteiger partial charge on any atom is 0.261 e. The number of hydrogen-bond donors (Lipinski definition) is 2. The summed E-state index contributed by atoms with van der Waals surface area (Å²) in [4.78, 5) is 2.31. The Bertz CT molecular complexity index is 856. The van der Waals surface area contributed by atoms with Gasteiger partial charge in [0.2, 0.25) is 0 Å². The van der Waals surface area contributed by atoms with Crippen molar-refractivity contribution in [2.45, 2.75) is 17.4 Å². The van der Waals surface area contributed by atoms with E-state index in [9.17, 15) is 8.42 Å². The SMILES string of the molecule is CN1CC[C@@H](Oc2cc(NS(=O)(=O)c3ccc(N)cc3)ccc2Cl)C1. The first-order valence-corrected chi connectivity index (χ1v) is 9.73. The fourth-order valence-electron chi connectivity index (χ4n) is 2.69. The minimum absolute atomic E-state index is 0.0476. The van der Waals surface area contributed by atoms with Crippen LogP contribution in [0.5, 0.6) is 5.75 Å². The summed E-state index contributed by atoms with van der Waals surface area (Å²) in [5, 5.41) is 0.449. The molecule has 0 spiro atoms. The zero-order chi connectivity index (χ0) is 18.0. The molecule has 1 heterocycles. The maximum absolute atomic E-state index is 12.5. The van der Waals surface area contributed by atoms with Crippen LogP contribution < -0.4 is 15.2 Å². The first kappa shape index (κ1) is 17.8. The van der Waals surface area contributed by atoms with Crippen molar-refractivity contribution in [2.75, 3.05) is 30.6 Å². The smallest absolute Gasteiger partial charge is 0.261 e. The second kappa shape index (κ2) is 7.11. The minimum atomic E-state index is -3.71. The van der Waals surface area contributed by atoms with Gasteiger partial charge in [-0.25, -0.2) is 8.42 Å². The van der Waals surface area contributed by atoms with E-state index in [0.717, 1.165) is 19.5 Å². The van der Waals surface area contributed by atoms with Crippen LogP contribution in [0.25, 0.3) is 0 Å². The van der Waals surface area contributed by atoms with E-state index in [-0.39, 0.29) is 11.0 Å². The lowest BCUT2D eigenvalue weighted by Gasteiger charge is -2.16. The van der Waals surface area contributed by atoms with Crippen LogP contribution in [-0.4, -0.2) is 39.6 Å². The lowest BCUT2D eigenvalue weighted by atomic mass is 10.3. The third-order valence-corrected chi connectivity index (χ3v) is 5.73. The van der Waals surface area contributed by atoms with Gasteiger partial charge in [0.25, 0.3) is 10.0 Å². The number of nitrogens with one attached hydrogen (secondary N) is 1. The van der Waals surface area contributed by atoms with Crippen LogP contribution in [-0.2, 0) is 10.0 Å². The average Bonchev–Trinajstić information content (AvgIpc) is 2.96. The van der Waals surface area contributed by atoms with Crippen LogP contribution in [0.1, 0.15) is 6.42 Å². The molecule has 2 aromatic rings. The van der Waals surface area contributed by atoms with E-state index < -0.39 is 10.0 Å². The monoisotopic (exact) mass is 381 g/mol. The van der Waals surface area contributed by atoms with Gasteiger partial charge in [0.05, 0.1) is 15.6 Å². The van der Waals surface area contributed by atoms with Crippen molar-refractivity contribution in [2.24, 2.45) is 0 Å². The third kappa shape index (κ3) is 4.36. The van der Waals surface area contributed by atoms with E-state index in [0.29, 0.717) is 22.1 Å². The molecule has 3 N–H and O–H groups in total.